The van der Waals surface area contributed by atoms with Crippen molar-refractivity contribution in [2.24, 2.45) is 5.92 Å². The summed E-state index contributed by atoms with van der Waals surface area (Å²) in [7, 11) is 0. The molecule has 1 unspecified atom stereocenters. The van der Waals surface area contributed by atoms with Crippen LogP contribution in [0.4, 0.5) is 5.69 Å². The fraction of sp³-hybridized carbons (Fsp3) is 0.294. The first-order chi connectivity index (χ1) is 11.5. The first kappa shape index (κ1) is 16.9. The van der Waals surface area contributed by atoms with Crippen LogP contribution in [0, 0.1) is 5.92 Å². The van der Waals surface area contributed by atoms with E-state index in [1.807, 2.05) is 0 Å². The minimum absolute atomic E-state index is 0.134. The number of carbonyl (C=O) groups is 2. The second kappa shape index (κ2) is 7.28. The average molecular weight is 367 g/mol. The number of hydrogen-bond acceptors (Lipinski definition) is 3. The van der Waals surface area contributed by atoms with Crippen LogP contribution in [-0.2, 0) is 4.79 Å². The lowest BCUT2D eigenvalue weighted by Crippen LogP contribution is -2.43. The van der Waals surface area contributed by atoms with Gasteiger partial charge in [0, 0.05) is 18.8 Å². The molecule has 0 saturated carbocycles. The highest BCUT2D eigenvalue weighted by Crippen LogP contribution is 2.26. The molecule has 1 saturated heterocycles. The van der Waals surface area contributed by atoms with Gasteiger partial charge in [-0.25, -0.2) is 0 Å². The highest BCUT2D eigenvalue weighted by atomic mass is 35.5. The molecule has 1 aliphatic heterocycles. The normalized spacial score (nSPS) is 17.6. The van der Waals surface area contributed by atoms with E-state index in [0.29, 0.717) is 34.6 Å². The van der Waals surface area contributed by atoms with Crippen molar-refractivity contribution in [1.29, 1.82) is 0 Å². The summed E-state index contributed by atoms with van der Waals surface area (Å²) in [5.41, 5.74) is 0.587. The summed E-state index contributed by atoms with van der Waals surface area (Å²) >= 11 is 11.8. The van der Waals surface area contributed by atoms with Crippen LogP contribution in [0.15, 0.2) is 41.0 Å². The third kappa shape index (κ3) is 3.74. The lowest BCUT2D eigenvalue weighted by Gasteiger charge is -2.31. The predicted octanol–water partition coefficient (Wildman–Crippen LogP) is 4.08. The highest BCUT2D eigenvalue weighted by Gasteiger charge is 2.29. The smallest absolute Gasteiger partial charge is 0.289 e. The summed E-state index contributed by atoms with van der Waals surface area (Å²) in [5, 5.41) is 3.65. The molecule has 2 heterocycles. The second-order valence-corrected chi connectivity index (χ2v) is 6.50. The van der Waals surface area contributed by atoms with E-state index in [0.717, 1.165) is 12.8 Å². The van der Waals surface area contributed by atoms with E-state index in [1.54, 1.807) is 35.2 Å². The van der Waals surface area contributed by atoms with Gasteiger partial charge in [0.15, 0.2) is 5.76 Å². The van der Waals surface area contributed by atoms with Crippen molar-refractivity contribution >= 4 is 40.7 Å². The van der Waals surface area contributed by atoms with Crippen LogP contribution in [0.3, 0.4) is 0 Å². The van der Waals surface area contributed by atoms with E-state index in [-0.39, 0.29) is 17.7 Å². The van der Waals surface area contributed by atoms with Gasteiger partial charge in [0.05, 0.1) is 22.2 Å². The fourth-order valence-electron chi connectivity index (χ4n) is 2.75. The standard InChI is InChI=1S/C17H16Cl2N2O3/c18-13-6-5-12(9-14(13)19)20-16(22)11-3-1-7-21(10-11)17(23)15-4-2-8-24-15/h2,4-6,8-9,11H,1,3,7,10H2,(H,20,22). The quantitative estimate of drug-likeness (QED) is 0.889. The fourth-order valence-corrected chi connectivity index (χ4v) is 3.05. The molecule has 1 aromatic carbocycles. The molecule has 2 amide bonds. The number of carbonyl (C=O) groups excluding carboxylic acids is 2. The third-order valence-corrected chi connectivity index (χ3v) is 4.74. The molecule has 1 atom stereocenters. The van der Waals surface area contributed by atoms with Crippen LogP contribution in [-0.4, -0.2) is 29.8 Å². The molecule has 126 valence electrons. The van der Waals surface area contributed by atoms with Crippen LogP contribution in [0.2, 0.25) is 10.0 Å². The van der Waals surface area contributed by atoms with Gasteiger partial charge in [0.2, 0.25) is 5.91 Å². The second-order valence-electron chi connectivity index (χ2n) is 5.69. The molecule has 1 fully saturated rings. The zero-order chi connectivity index (χ0) is 17.1. The number of furan rings is 1. The Labute approximate surface area is 149 Å². The van der Waals surface area contributed by atoms with E-state index < -0.39 is 0 Å². The molecule has 0 spiro atoms. The number of nitrogens with one attached hydrogen (secondary N) is 1. The zero-order valence-corrected chi connectivity index (χ0v) is 14.3. The molecule has 0 aliphatic carbocycles. The maximum absolute atomic E-state index is 12.5. The van der Waals surface area contributed by atoms with Crippen molar-refractivity contribution in [3.05, 3.63) is 52.4 Å². The Hall–Kier alpha value is -1.98. The van der Waals surface area contributed by atoms with Crippen molar-refractivity contribution in [2.45, 2.75) is 12.8 Å². The Morgan fingerprint density at radius 3 is 2.75 bits per heavy atom. The monoisotopic (exact) mass is 366 g/mol. The van der Waals surface area contributed by atoms with Crippen molar-refractivity contribution in [2.75, 3.05) is 18.4 Å². The van der Waals surface area contributed by atoms with Crippen LogP contribution >= 0.6 is 23.2 Å². The van der Waals surface area contributed by atoms with Crippen molar-refractivity contribution in [1.82, 2.24) is 4.90 Å². The Balaban J connectivity index is 1.64. The van der Waals surface area contributed by atoms with Gasteiger partial charge in [0.25, 0.3) is 5.91 Å². The Morgan fingerprint density at radius 2 is 2.04 bits per heavy atom. The van der Waals surface area contributed by atoms with Gasteiger partial charge in [0.1, 0.15) is 0 Å². The van der Waals surface area contributed by atoms with Gasteiger partial charge < -0.3 is 14.6 Å². The lowest BCUT2D eigenvalue weighted by atomic mass is 9.96. The summed E-state index contributed by atoms with van der Waals surface area (Å²) in [6, 6.07) is 8.23. The minimum atomic E-state index is -0.271. The maximum Gasteiger partial charge on any atom is 0.289 e. The minimum Gasteiger partial charge on any atom is -0.459 e. The molecular weight excluding hydrogens is 351 g/mol. The molecule has 1 aliphatic rings. The maximum atomic E-state index is 12.5. The van der Waals surface area contributed by atoms with E-state index in [1.165, 1.54) is 6.26 Å². The average Bonchev–Trinajstić information content (AvgIpc) is 3.12. The predicted molar refractivity (Wildman–Crippen MR) is 92.4 cm³/mol. The summed E-state index contributed by atoms with van der Waals surface area (Å²) in [6.07, 6.45) is 2.96. The molecule has 5 nitrogen and oxygen atoms in total. The third-order valence-electron chi connectivity index (χ3n) is 4.00. The molecule has 1 N–H and O–H groups in total. The Bertz CT molecular complexity index is 746. The molecule has 24 heavy (non-hydrogen) atoms. The van der Waals surface area contributed by atoms with Crippen molar-refractivity contribution in [3.63, 3.8) is 0 Å². The number of piperidine rings is 1. The molecule has 0 radical (unpaired) electrons. The van der Waals surface area contributed by atoms with Crippen molar-refractivity contribution in [3.8, 4) is 0 Å². The van der Waals surface area contributed by atoms with E-state index in [9.17, 15) is 9.59 Å². The number of benzene rings is 1. The Kier molecular flexibility index (Phi) is 5.11. The van der Waals surface area contributed by atoms with Gasteiger partial charge in [-0.2, -0.15) is 0 Å². The summed E-state index contributed by atoms with van der Waals surface area (Å²) in [5.74, 6) is -0.301. The first-order valence-corrected chi connectivity index (χ1v) is 8.39. The summed E-state index contributed by atoms with van der Waals surface area (Å²) < 4.78 is 5.15. The molecule has 3 rings (SSSR count). The summed E-state index contributed by atoms with van der Waals surface area (Å²) in [4.78, 5) is 26.5. The molecule has 1 aromatic heterocycles. The largest absolute Gasteiger partial charge is 0.459 e. The van der Waals surface area contributed by atoms with Gasteiger partial charge in [-0.3, -0.25) is 9.59 Å². The number of nitrogens with zero attached hydrogens (tertiary/aromatic N) is 1. The molecule has 7 heteroatoms. The van der Waals surface area contributed by atoms with E-state index in [4.69, 9.17) is 27.6 Å². The van der Waals surface area contributed by atoms with Gasteiger partial charge in [-0.05, 0) is 43.2 Å². The SMILES string of the molecule is O=C(Nc1ccc(Cl)c(Cl)c1)C1CCCN(C(=O)c2ccco2)C1. The number of likely N-dealkylation sites (tertiary alicyclic amines) is 1. The highest BCUT2D eigenvalue weighted by molar-refractivity contribution is 6.42. The van der Waals surface area contributed by atoms with Gasteiger partial charge in [-0.15, -0.1) is 0 Å². The van der Waals surface area contributed by atoms with Crippen LogP contribution < -0.4 is 5.32 Å². The Morgan fingerprint density at radius 1 is 1.21 bits per heavy atom. The first-order valence-electron chi connectivity index (χ1n) is 7.63. The summed E-state index contributed by atoms with van der Waals surface area (Å²) in [6.45, 7) is 0.989. The number of halogens is 2. The number of rotatable bonds is 3. The molecule has 0 bridgehead atoms. The molecule has 2 aromatic rings. The number of anilines is 1. The number of amides is 2. The number of hydrogen-bond donors (Lipinski definition) is 1. The van der Waals surface area contributed by atoms with Gasteiger partial charge in [-0.1, -0.05) is 23.2 Å². The van der Waals surface area contributed by atoms with Crippen molar-refractivity contribution < 1.29 is 14.0 Å². The van der Waals surface area contributed by atoms with Crippen LogP contribution in [0.5, 0.6) is 0 Å². The topological polar surface area (TPSA) is 62.6 Å². The van der Waals surface area contributed by atoms with Crippen LogP contribution in [0.25, 0.3) is 0 Å². The van der Waals surface area contributed by atoms with E-state index in [2.05, 4.69) is 5.32 Å². The molecular formula is C17H16Cl2N2O3. The lowest BCUT2D eigenvalue weighted by molar-refractivity contribution is -0.121. The van der Waals surface area contributed by atoms with Crippen LogP contribution in [0.1, 0.15) is 23.4 Å². The zero-order valence-electron chi connectivity index (χ0n) is 12.8. The van der Waals surface area contributed by atoms with E-state index >= 15 is 0 Å². The van der Waals surface area contributed by atoms with Gasteiger partial charge >= 0.3 is 0 Å².